The summed E-state index contributed by atoms with van der Waals surface area (Å²) in [5.74, 6) is 0. The van der Waals surface area contributed by atoms with E-state index in [-0.39, 0.29) is 0 Å². The Morgan fingerprint density at radius 3 is 2.92 bits per heavy atom. The van der Waals surface area contributed by atoms with E-state index in [1.54, 1.807) is 6.20 Å². The number of rotatable bonds is 2. The molecule has 1 heteroatoms. The minimum absolute atomic E-state index is 0.828. The molecule has 0 atom stereocenters. The summed E-state index contributed by atoms with van der Waals surface area (Å²) >= 11 is 0. The van der Waals surface area contributed by atoms with Crippen molar-refractivity contribution in [1.29, 1.82) is 0 Å². The minimum Gasteiger partial charge on any atom is -0.257 e. The maximum absolute atomic E-state index is 4.12. The van der Waals surface area contributed by atoms with Gasteiger partial charge in [-0.25, -0.2) is 0 Å². The molecule has 0 aliphatic carbocycles. The Labute approximate surface area is 72.8 Å². The van der Waals surface area contributed by atoms with Gasteiger partial charge < -0.3 is 0 Å². The molecule has 0 saturated carbocycles. The Kier molecular flexibility index (Phi) is 2.81. The molecule has 0 saturated heterocycles. The third-order valence-corrected chi connectivity index (χ3v) is 1.86. The van der Waals surface area contributed by atoms with Crippen LogP contribution in [0.3, 0.4) is 0 Å². The highest BCUT2D eigenvalue weighted by Gasteiger charge is 1.89. The summed E-state index contributed by atoms with van der Waals surface area (Å²) in [4.78, 5) is 4.12. The van der Waals surface area contributed by atoms with Crippen LogP contribution in [0.2, 0.25) is 0 Å². The molecule has 12 heavy (non-hydrogen) atoms. The summed E-state index contributed by atoms with van der Waals surface area (Å²) in [7, 11) is 0. The van der Waals surface area contributed by atoms with E-state index in [0.717, 1.165) is 17.0 Å². The molecule has 1 rings (SSSR count). The Morgan fingerprint density at radius 2 is 2.42 bits per heavy atom. The summed E-state index contributed by atoms with van der Waals surface area (Å²) in [6, 6.07) is 3.94. The number of hydrogen-bond donors (Lipinski definition) is 0. The summed E-state index contributed by atoms with van der Waals surface area (Å²) in [5.41, 5.74) is 1.20. The predicted molar refractivity (Wildman–Crippen MR) is 52.9 cm³/mol. The van der Waals surface area contributed by atoms with Crippen molar-refractivity contribution in [1.82, 2.24) is 4.98 Å². The zero-order valence-electron chi connectivity index (χ0n) is 7.38. The van der Waals surface area contributed by atoms with E-state index < -0.39 is 0 Å². The topological polar surface area (TPSA) is 12.9 Å². The van der Waals surface area contributed by atoms with E-state index >= 15 is 0 Å². The number of allylic oxidation sites excluding steroid dienone is 1. The van der Waals surface area contributed by atoms with Gasteiger partial charge in [-0.1, -0.05) is 32.2 Å². The van der Waals surface area contributed by atoms with Crippen LogP contribution in [0.15, 0.2) is 31.0 Å². The molecule has 0 N–H and O–H groups in total. The fraction of sp³-hybridized carbons (Fsp3) is 0.182. The van der Waals surface area contributed by atoms with Crippen molar-refractivity contribution in [3.05, 3.63) is 41.6 Å². The lowest BCUT2D eigenvalue weighted by atomic mass is 10.1. The van der Waals surface area contributed by atoms with Crippen molar-refractivity contribution in [3.8, 4) is 0 Å². The lowest BCUT2D eigenvalue weighted by molar-refractivity contribution is 1.18. The van der Waals surface area contributed by atoms with Crippen molar-refractivity contribution < 1.29 is 0 Å². The second-order valence-corrected chi connectivity index (χ2v) is 2.58. The average Bonchev–Trinajstić information content (AvgIpc) is 2.10. The van der Waals surface area contributed by atoms with Crippen molar-refractivity contribution in [3.63, 3.8) is 0 Å². The fourth-order valence-electron chi connectivity index (χ4n) is 1.18. The Balaban J connectivity index is 3.53. The lowest BCUT2D eigenvalue weighted by Crippen LogP contribution is -2.27. The van der Waals surface area contributed by atoms with Crippen molar-refractivity contribution in [2.75, 3.05) is 0 Å². The average molecular weight is 159 g/mol. The molecular weight excluding hydrogens is 146 g/mol. The van der Waals surface area contributed by atoms with Gasteiger partial charge in [-0.05, 0) is 18.1 Å². The number of pyridine rings is 1. The fourth-order valence-corrected chi connectivity index (χ4v) is 1.18. The second kappa shape index (κ2) is 3.86. The van der Waals surface area contributed by atoms with Crippen LogP contribution in [0.4, 0.5) is 0 Å². The van der Waals surface area contributed by atoms with Crippen molar-refractivity contribution in [2.24, 2.45) is 0 Å². The van der Waals surface area contributed by atoms with E-state index in [1.165, 1.54) is 5.57 Å². The van der Waals surface area contributed by atoms with Gasteiger partial charge in [-0.15, -0.1) is 0 Å². The van der Waals surface area contributed by atoms with Gasteiger partial charge in [-0.2, -0.15) is 0 Å². The molecule has 0 fully saturated rings. The molecule has 0 unspecified atom stereocenters. The molecule has 0 bridgehead atoms. The van der Waals surface area contributed by atoms with Crippen LogP contribution in [0.1, 0.15) is 13.3 Å². The molecule has 1 aromatic heterocycles. The highest BCUT2D eigenvalue weighted by molar-refractivity contribution is 5.54. The maximum atomic E-state index is 4.12. The first-order valence-electron chi connectivity index (χ1n) is 4.05. The molecule has 0 radical (unpaired) electrons. The molecule has 1 heterocycles. The van der Waals surface area contributed by atoms with Gasteiger partial charge >= 0.3 is 0 Å². The van der Waals surface area contributed by atoms with Gasteiger partial charge in [0, 0.05) is 11.4 Å². The number of aromatic nitrogens is 1. The first-order valence-corrected chi connectivity index (χ1v) is 4.05. The lowest BCUT2D eigenvalue weighted by Gasteiger charge is -1.95. The molecule has 0 amide bonds. The highest BCUT2D eigenvalue weighted by Crippen LogP contribution is 1.97. The second-order valence-electron chi connectivity index (χ2n) is 2.58. The SMILES string of the molecule is C=C/C(CC)=c1/cccnc1=C. The van der Waals surface area contributed by atoms with Crippen LogP contribution >= 0.6 is 0 Å². The summed E-state index contributed by atoms with van der Waals surface area (Å²) in [6.45, 7) is 9.71. The summed E-state index contributed by atoms with van der Waals surface area (Å²) in [6.07, 6.45) is 4.59. The maximum Gasteiger partial charge on any atom is 0.0632 e. The van der Waals surface area contributed by atoms with E-state index in [0.29, 0.717) is 0 Å². The largest absolute Gasteiger partial charge is 0.257 e. The molecule has 0 aliphatic heterocycles. The molecule has 0 spiro atoms. The van der Waals surface area contributed by atoms with E-state index in [9.17, 15) is 0 Å². The third kappa shape index (κ3) is 1.62. The molecule has 1 aromatic rings. The zero-order chi connectivity index (χ0) is 8.97. The third-order valence-electron chi connectivity index (χ3n) is 1.86. The van der Waals surface area contributed by atoms with Crippen LogP contribution in [-0.4, -0.2) is 4.98 Å². The van der Waals surface area contributed by atoms with Gasteiger partial charge in [0.2, 0.25) is 0 Å². The quantitative estimate of drug-likeness (QED) is 0.632. The van der Waals surface area contributed by atoms with E-state index in [4.69, 9.17) is 0 Å². The van der Waals surface area contributed by atoms with E-state index in [2.05, 4.69) is 25.1 Å². The molecule has 1 nitrogen and oxygen atoms in total. The van der Waals surface area contributed by atoms with Gasteiger partial charge in [0.1, 0.15) is 0 Å². The van der Waals surface area contributed by atoms with E-state index in [1.807, 2.05) is 18.2 Å². The van der Waals surface area contributed by atoms with Crippen molar-refractivity contribution in [2.45, 2.75) is 13.3 Å². The first-order chi connectivity index (χ1) is 5.79. The molecule has 0 aliphatic rings. The van der Waals surface area contributed by atoms with Crippen LogP contribution in [0.25, 0.3) is 12.2 Å². The standard InChI is InChI=1S/C11H13N/c1-4-10(5-2)11-7-6-8-12-9(11)3/h4,6-8H,1,3,5H2,2H3/b11-10+. The Morgan fingerprint density at radius 1 is 1.67 bits per heavy atom. The Hall–Kier alpha value is -1.37. The summed E-state index contributed by atoms with van der Waals surface area (Å²) < 4.78 is 0. The number of nitrogens with zero attached hydrogens (tertiary/aromatic N) is 1. The van der Waals surface area contributed by atoms with Gasteiger partial charge in [0.25, 0.3) is 0 Å². The predicted octanol–water partition coefficient (Wildman–Crippen LogP) is 1.24. The Bertz CT molecular complexity index is 376. The van der Waals surface area contributed by atoms with Crippen LogP contribution in [-0.2, 0) is 0 Å². The number of hydrogen-bond acceptors (Lipinski definition) is 1. The normalized spacial score (nSPS) is 12.4. The zero-order valence-corrected chi connectivity index (χ0v) is 7.38. The first kappa shape index (κ1) is 8.72. The smallest absolute Gasteiger partial charge is 0.0632 e. The van der Waals surface area contributed by atoms with Gasteiger partial charge in [-0.3, -0.25) is 4.98 Å². The van der Waals surface area contributed by atoms with Crippen LogP contribution in [0, 0.1) is 0 Å². The molecular formula is C11H13N. The van der Waals surface area contributed by atoms with Gasteiger partial charge in [0.15, 0.2) is 0 Å². The summed E-state index contributed by atoms with van der Waals surface area (Å²) in [5, 5.41) is 1.93. The monoisotopic (exact) mass is 159 g/mol. The van der Waals surface area contributed by atoms with Crippen LogP contribution in [0.5, 0.6) is 0 Å². The highest BCUT2D eigenvalue weighted by atomic mass is 14.6. The minimum atomic E-state index is 0.828. The van der Waals surface area contributed by atoms with Crippen molar-refractivity contribution >= 4 is 12.2 Å². The molecule has 0 aromatic carbocycles. The molecule has 62 valence electrons. The van der Waals surface area contributed by atoms with Gasteiger partial charge in [0.05, 0.1) is 5.35 Å². The van der Waals surface area contributed by atoms with Crippen LogP contribution < -0.4 is 10.6 Å².